The molecule has 144 valence electrons. The van der Waals surface area contributed by atoms with Crippen LogP contribution in [-0.2, 0) is 11.3 Å². The summed E-state index contributed by atoms with van der Waals surface area (Å²) in [5.41, 5.74) is -0.677. The number of nitrogens with zero attached hydrogens (tertiary/aromatic N) is 2. The predicted molar refractivity (Wildman–Crippen MR) is 104 cm³/mol. The largest absolute Gasteiger partial charge is 0.495 e. The molecule has 0 fully saturated rings. The van der Waals surface area contributed by atoms with Crippen molar-refractivity contribution in [3.63, 3.8) is 0 Å². The van der Waals surface area contributed by atoms with E-state index in [0.717, 1.165) is 4.57 Å². The highest BCUT2D eigenvalue weighted by Crippen LogP contribution is 2.23. The van der Waals surface area contributed by atoms with E-state index in [4.69, 9.17) is 9.47 Å². The number of carbonyl (C=O) groups is 1. The Balaban J connectivity index is 1.86. The van der Waals surface area contributed by atoms with Gasteiger partial charge in [-0.05, 0) is 24.3 Å². The Kier molecular flexibility index (Phi) is 5.59. The summed E-state index contributed by atoms with van der Waals surface area (Å²) in [7, 11) is 2.97. The summed E-state index contributed by atoms with van der Waals surface area (Å²) in [5.74, 6) is 0.492. The van der Waals surface area contributed by atoms with Gasteiger partial charge in [0.05, 0.1) is 25.6 Å². The average molecular weight is 381 g/mol. The highest BCUT2D eigenvalue weighted by Gasteiger charge is 2.13. The third-order valence-corrected chi connectivity index (χ3v) is 4.10. The van der Waals surface area contributed by atoms with Gasteiger partial charge in [-0.2, -0.15) is 0 Å². The van der Waals surface area contributed by atoms with Crippen LogP contribution >= 0.6 is 0 Å². The fraction of sp³-hybridized carbons (Fsp3) is 0.150. The summed E-state index contributed by atoms with van der Waals surface area (Å²) < 4.78 is 12.7. The normalized spacial score (nSPS) is 10.4. The van der Waals surface area contributed by atoms with Crippen LogP contribution in [0, 0.1) is 0 Å². The predicted octanol–water partition coefficient (Wildman–Crippen LogP) is 1.66. The maximum Gasteiger partial charge on any atom is 0.321 e. The van der Waals surface area contributed by atoms with E-state index < -0.39 is 17.0 Å². The quantitative estimate of drug-likeness (QED) is 0.656. The lowest BCUT2D eigenvalue weighted by atomic mass is 10.3. The molecule has 3 rings (SSSR count). The Labute approximate surface area is 160 Å². The lowest BCUT2D eigenvalue weighted by Crippen LogP contribution is -2.41. The lowest BCUT2D eigenvalue weighted by molar-refractivity contribution is -0.116. The zero-order valence-electron chi connectivity index (χ0n) is 15.4. The topological polar surface area (TPSA) is 91.6 Å². The zero-order valence-corrected chi connectivity index (χ0v) is 15.4. The molecule has 0 unspecified atom stereocenters. The molecular formula is C20H19N3O5. The van der Waals surface area contributed by atoms with Crippen molar-refractivity contribution < 1.29 is 14.3 Å². The van der Waals surface area contributed by atoms with Crippen molar-refractivity contribution in [1.29, 1.82) is 0 Å². The number of aromatic nitrogens is 2. The van der Waals surface area contributed by atoms with Gasteiger partial charge in [0.1, 0.15) is 18.0 Å². The Morgan fingerprint density at radius 2 is 1.54 bits per heavy atom. The molecule has 2 aromatic carbocycles. The van der Waals surface area contributed by atoms with Crippen molar-refractivity contribution in [3.8, 4) is 17.2 Å². The number of amides is 1. The molecule has 0 atom stereocenters. The Morgan fingerprint density at radius 3 is 2.25 bits per heavy atom. The minimum atomic E-state index is -0.816. The highest BCUT2D eigenvalue weighted by molar-refractivity contribution is 5.92. The summed E-state index contributed by atoms with van der Waals surface area (Å²) in [6, 6.07) is 13.8. The van der Waals surface area contributed by atoms with Crippen molar-refractivity contribution in [1.82, 2.24) is 9.13 Å². The number of benzene rings is 2. The van der Waals surface area contributed by atoms with Gasteiger partial charge in [-0.15, -0.1) is 0 Å². The first-order chi connectivity index (χ1) is 13.5. The van der Waals surface area contributed by atoms with Crippen molar-refractivity contribution in [2.45, 2.75) is 6.54 Å². The number of carbonyl (C=O) groups excluding carboxylic acids is 1. The monoisotopic (exact) mass is 381 g/mol. The Hall–Kier alpha value is -3.81. The average Bonchev–Trinajstić information content (AvgIpc) is 2.72. The van der Waals surface area contributed by atoms with Gasteiger partial charge in [0.25, 0.3) is 0 Å². The van der Waals surface area contributed by atoms with Crippen LogP contribution in [0.5, 0.6) is 11.5 Å². The van der Waals surface area contributed by atoms with Crippen molar-refractivity contribution in [2.75, 3.05) is 19.5 Å². The maximum atomic E-state index is 12.5. The molecule has 0 aliphatic carbocycles. The second kappa shape index (κ2) is 8.26. The standard InChI is InChI=1S/C20H19N3O5/c1-27-16-9-5-3-7-14(16)21-18(24)13-22-11-12-23(20(26)19(22)25)15-8-4-6-10-17(15)28-2/h3-12H,13H2,1-2H3,(H,21,24). The number of methoxy groups -OCH3 is 2. The SMILES string of the molecule is COc1ccccc1NC(=O)Cn1ccn(-c2ccccc2OC)c(=O)c1=O. The molecule has 1 heterocycles. The van der Waals surface area contributed by atoms with Crippen LogP contribution in [0.25, 0.3) is 5.69 Å². The first kappa shape index (κ1) is 19.0. The van der Waals surface area contributed by atoms with Gasteiger partial charge in [-0.25, -0.2) is 0 Å². The fourth-order valence-electron chi connectivity index (χ4n) is 2.74. The number of para-hydroxylation sites is 4. The molecule has 0 saturated heterocycles. The molecule has 3 aromatic rings. The van der Waals surface area contributed by atoms with Gasteiger partial charge in [0.2, 0.25) is 5.91 Å². The molecule has 0 bridgehead atoms. The molecule has 0 spiro atoms. The first-order valence-corrected chi connectivity index (χ1v) is 8.43. The first-order valence-electron chi connectivity index (χ1n) is 8.43. The summed E-state index contributed by atoms with van der Waals surface area (Å²) >= 11 is 0. The van der Waals surface area contributed by atoms with Gasteiger partial charge in [0.15, 0.2) is 0 Å². The summed E-state index contributed by atoms with van der Waals surface area (Å²) in [5, 5.41) is 2.67. The van der Waals surface area contributed by atoms with Crippen molar-refractivity contribution in [2.24, 2.45) is 0 Å². The van der Waals surface area contributed by atoms with E-state index in [1.54, 1.807) is 48.5 Å². The third kappa shape index (κ3) is 3.80. The fourth-order valence-corrected chi connectivity index (χ4v) is 2.74. The zero-order chi connectivity index (χ0) is 20.1. The molecule has 8 heteroatoms. The molecule has 0 aliphatic heterocycles. The van der Waals surface area contributed by atoms with Crippen LogP contribution in [0.3, 0.4) is 0 Å². The third-order valence-electron chi connectivity index (χ3n) is 4.10. The number of rotatable bonds is 6. The van der Waals surface area contributed by atoms with Crippen molar-refractivity contribution in [3.05, 3.63) is 81.6 Å². The Bertz CT molecular complexity index is 1120. The summed E-state index contributed by atoms with van der Waals surface area (Å²) in [4.78, 5) is 37.3. The molecule has 28 heavy (non-hydrogen) atoms. The lowest BCUT2D eigenvalue weighted by Gasteiger charge is -2.13. The molecule has 1 amide bonds. The van der Waals surface area contributed by atoms with Gasteiger partial charge in [-0.3, -0.25) is 23.5 Å². The van der Waals surface area contributed by atoms with E-state index >= 15 is 0 Å². The molecule has 8 nitrogen and oxygen atoms in total. The van der Waals surface area contributed by atoms with Gasteiger partial charge >= 0.3 is 11.1 Å². The van der Waals surface area contributed by atoms with E-state index in [-0.39, 0.29) is 6.54 Å². The van der Waals surface area contributed by atoms with Gasteiger partial charge in [-0.1, -0.05) is 24.3 Å². The smallest absolute Gasteiger partial charge is 0.321 e. The molecule has 0 saturated carbocycles. The van der Waals surface area contributed by atoms with Crippen LogP contribution in [0.1, 0.15) is 0 Å². The Morgan fingerprint density at radius 1 is 0.893 bits per heavy atom. The van der Waals surface area contributed by atoms with E-state index in [2.05, 4.69) is 5.32 Å². The number of hydrogen-bond acceptors (Lipinski definition) is 5. The minimum absolute atomic E-state index is 0.307. The second-order valence-electron chi connectivity index (χ2n) is 5.83. The summed E-state index contributed by atoms with van der Waals surface area (Å²) in [6.07, 6.45) is 2.82. The second-order valence-corrected chi connectivity index (χ2v) is 5.83. The van der Waals surface area contributed by atoms with E-state index in [1.807, 2.05) is 0 Å². The maximum absolute atomic E-state index is 12.5. The summed E-state index contributed by atoms with van der Waals surface area (Å²) in [6.45, 7) is -0.307. The van der Waals surface area contributed by atoms with Gasteiger partial charge in [0, 0.05) is 12.4 Å². The van der Waals surface area contributed by atoms with Crippen LogP contribution in [0.2, 0.25) is 0 Å². The molecule has 1 aromatic heterocycles. The molecule has 0 radical (unpaired) electrons. The van der Waals surface area contributed by atoms with Gasteiger partial charge < -0.3 is 14.8 Å². The molecular weight excluding hydrogens is 362 g/mol. The van der Waals surface area contributed by atoms with E-state index in [0.29, 0.717) is 22.9 Å². The number of ether oxygens (including phenoxy) is 2. The highest BCUT2D eigenvalue weighted by atomic mass is 16.5. The van der Waals surface area contributed by atoms with Crippen LogP contribution < -0.4 is 25.9 Å². The number of anilines is 1. The molecule has 0 aliphatic rings. The number of nitrogens with one attached hydrogen (secondary N) is 1. The van der Waals surface area contributed by atoms with E-state index in [9.17, 15) is 14.4 Å². The van der Waals surface area contributed by atoms with Crippen LogP contribution in [-0.4, -0.2) is 29.3 Å². The van der Waals surface area contributed by atoms with E-state index in [1.165, 1.54) is 31.2 Å². The van der Waals surface area contributed by atoms with Crippen molar-refractivity contribution >= 4 is 11.6 Å². The van der Waals surface area contributed by atoms with Crippen LogP contribution in [0.4, 0.5) is 5.69 Å². The number of hydrogen-bond donors (Lipinski definition) is 1. The minimum Gasteiger partial charge on any atom is -0.495 e. The van der Waals surface area contributed by atoms with Crippen LogP contribution in [0.15, 0.2) is 70.5 Å². The molecule has 1 N–H and O–H groups in total.